The molecule has 0 bridgehead atoms. The second-order valence-corrected chi connectivity index (χ2v) is 7.78. The van der Waals surface area contributed by atoms with Gasteiger partial charge in [0.15, 0.2) is 0 Å². The molecule has 2 fully saturated rings. The standard InChI is InChI=1S/C22H27N5O2/c1-17-5-2-3-7-20(17)25-11-13-26(14-12-25)21(28)18-6-4-10-27(16-18)22(29)19-15-23-8-9-24-19/h2-3,5,7-9,15,18H,4,6,10-14,16H2,1H3/t18-/m0/s1. The van der Waals surface area contributed by atoms with Crippen molar-refractivity contribution >= 4 is 17.5 Å². The van der Waals surface area contributed by atoms with Crippen LogP contribution >= 0.6 is 0 Å². The molecule has 0 N–H and O–H groups in total. The van der Waals surface area contributed by atoms with Gasteiger partial charge < -0.3 is 14.7 Å². The second-order valence-electron chi connectivity index (χ2n) is 7.78. The molecule has 0 spiro atoms. The third-order valence-electron chi connectivity index (χ3n) is 5.89. The number of piperazine rings is 1. The topological polar surface area (TPSA) is 69.6 Å². The smallest absolute Gasteiger partial charge is 0.274 e. The van der Waals surface area contributed by atoms with Crippen LogP contribution in [0.3, 0.4) is 0 Å². The van der Waals surface area contributed by atoms with E-state index in [1.54, 1.807) is 11.1 Å². The lowest BCUT2D eigenvalue weighted by molar-refractivity contribution is -0.137. The van der Waals surface area contributed by atoms with Crippen molar-refractivity contribution in [2.45, 2.75) is 19.8 Å². The number of benzene rings is 1. The molecule has 2 aliphatic heterocycles. The maximum absolute atomic E-state index is 13.1. The summed E-state index contributed by atoms with van der Waals surface area (Å²) >= 11 is 0. The van der Waals surface area contributed by atoms with Gasteiger partial charge in [-0.25, -0.2) is 4.98 Å². The Labute approximate surface area is 171 Å². The molecule has 29 heavy (non-hydrogen) atoms. The quantitative estimate of drug-likeness (QED) is 0.798. The van der Waals surface area contributed by atoms with E-state index in [1.165, 1.54) is 23.6 Å². The number of anilines is 1. The molecule has 2 aliphatic rings. The lowest BCUT2D eigenvalue weighted by atomic mass is 9.96. The number of para-hydroxylation sites is 1. The van der Waals surface area contributed by atoms with E-state index in [1.807, 2.05) is 4.90 Å². The first kappa shape index (κ1) is 19.4. The summed E-state index contributed by atoms with van der Waals surface area (Å²) in [5.74, 6) is -0.0968. The molecule has 3 heterocycles. The van der Waals surface area contributed by atoms with Crippen LogP contribution in [0.25, 0.3) is 0 Å². The minimum absolute atomic E-state index is 0.130. The molecule has 1 aromatic carbocycles. The van der Waals surface area contributed by atoms with Gasteiger partial charge in [-0.15, -0.1) is 0 Å². The summed E-state index contributed by atoms with van der Waals surface area (Å²) in [6.07, 6.45) is 6.23. The van der Waals surface area contributed by atoms with E-state index in [0.29, 0.717) is 18.8 Å². The van der Waals surface area contributed by atoms with Crippen LogP contribution < -0.4 is 4.90 Å². The fourth-order valence-electron chi connectivity index (χ4n) is 4.28. The zero-order valence-corrected chi connectivity index (χ0v) is 16.8. The summed E-state index contributed by atoms with van der Waals surface area (Å²) in [5.41, 5.74) is 2.85. The Kier molecular flexibility index (Phi) is 5.74. The van der Waals surface area contributed by atoms with Gasteiger partial charge in [0, 0.05) is 57.3 Å². The van der Waals surface area contributed by atoms with Gasteiger partial charge in [0.1, 0.15) is 5.69 Å². The summed E-state index contributed by atoms with van der Waals surface area (Å²) < 4.78 is 0. The van der Waals surface area contributed by atoms with Crippen LogP contribution in [0.5, 0.6) is 0 Å². The Balaban J connectivity index is 1.35. The van der Waals surface area contributed by atoms with Crippen molar-refractivity contribution in [3.8, 4) is 0 Å². The van der Waals surface area contributed by atoms with Crippen molar-refractivity contribution in [1.29, 1.82) is 0 Å². The number of aromatic nitrogens is 2. The minimum atomic E-state index is -0.139. The number of carbonyl (C=O) groups is 2. The highest BCUT2D eigenvalue weighted by Gasteiger charge is 2.33. The first-order valence-corrected chi connectivity index (χ1v) is 10.3. The molecule has 0 unspecified atom stereocenters. The van der Waals surface area contributed by atoms with Crippen LogP contribution in [0.4, 0.5) is 5.69 Å². The number of aryl methyl sites for hydroxylation is 1. The van der Waals surface area contributed by atoms with Gasteiger partial charge in [-0.05, 0) is 31.4 Å². The number of amides is 2. The molecular formula is C22H27N5O2. The van der Waals surface area contributed by atoms with Crippen molar-refractivity contribution in [1.82, 2.24) is 19.8 Å². The number of nitrogens with zero attached hydrogens (tertiary/aromatic N) is 5. The van der Waals surface area contributed by atoms with Crippen LogP contribution in [0.2, 0.25) is 0 Å². The number of piperidine rings is 1. The predicted molar refractivity (Wildman–Crippen MR) is 111 cm³/mol. The largest absolute Gasteiger partial charge is 0.368 e. The summed E-state index contributed by atoms with van der Waals surface area (Å²) in [7, 11) is 0. The average molecular weight is 393 g/mol. The third kappa shape index (κ3) is 4.23. The van der Waals surface area contributed by atoms with Gasteiger partial charge in [-0.1, -0.05) is 18.2 Å². The highest BCUT2D eigenvalue weighted by molar-refractivity contribution is 5.92. The SMILES string of the molecule is Cc1ccccc1N1CCN(C(=O)[C@H]2CCCN(C(=O)c3cnccn3)C2)CC1. The Bertz CT molecular complexity index is 865. The molecule has 1 aromatic heterocycles. The Morgan fingerprint density at radius 2 is 1.79 bits per heavy atom. The number of rotatable bonds is 3. The van der Waals surface area contributed by atoms with Gasteiger partial charge in [-0.2, -0.15) is 0 Å². The molecule has 4 rings (SSSR count). The molecule has 0 radical (unpaired) electrons. The van der Waals surface area contributed by atoms with E-state index in [-0.39, 0.29) is 17.7 Å². The predicted octanol–water partition coefficient (Wildman–Crippen LogP) is 1.99. The van der Waals surface area contributed by atoms with Gasteiger partial charge in [0.25, 0.3) is 5.91 Å². The van der Waals surface area contributed by atoms with Crippen LogP contribution in [0.1, 0.15) is 28.9 Å². The lowest BCUT2D eigenvalue weighted by Crippen LogP contribution is -2.53. The molecule has 7 nitrogen and oxygen atoms in total. The monoisotopic (exact) mass is 393 g/mol. The van der Waals surface area contributed by atoms with Gasteiger partial charge >= 0.3 is 0 Å². The zero-order chi connectivity index (χ0) is 20.2. The minimum Gasteiger partial charge on any atom is -0.368 e. The molecule has 2 aromatic rings. The maximum atomic E-state index is 13.1. The third-order valence-corrected chi connectivity index (χ3v) is 5.89. The normalized spacial score (nSPS) is 19.9. The molecule has 1 atom stereocenters. The van der Waals surface area contributed by atoms with E-state index in [9.17, 15) is 9.59 Å². The molecule has 152 valence electrons. The fraction of sp³-hybridized carbons (Fsp3) is 0.455. The zero-order valence-electron chi connectivity index (χ0n) is 16.8. The molecular weight excluding hydrogens is 366 g/mol. The van der Waals surface area contributed by atoms with Crippen molar-refractivity contribution in [3.05, 3.63) is 54.1 Å². The number of hydrogen-bond donors (Lipinski definition) is 0. The average Bonchev–Trinajstić information content (AvgIpc) is 2.79. The lowest BCUT2D eigenvalue weighted by Gasteiger charge is -2.40. The Morgan fingerprint density at radius 3 is 2.52 bits per heavy atom. The first-order chi connectivity index (χ1) is 14.1. The van der Waals surface area contributed by atoms with Crippen LogP contribution in [-0.4, -0.2) is 70.9 Å². The number of hydrogen-bond acceptors (Lipinski definition) is 5. The van der Waals surface area contributed by atoms with Gasteiger partial charge in [-0.3, -0.25) is 14.6 Å². The molecule has 7 heteroatoms. The van der Waals surface area contributed by atoms with E-state index < -0.39 is 0 Å². The summed E-state index contributed by atoms with van der Waals surface area (Å²) in [6, 6.07) is 8.38. The van der Waals surface area contributed by atoms with Crippen molar-refractivity contribution in [3.63, 3.8) is 0 Å². The fourth-order valence-corrected chi connectivity index (χ4v) is 4.28. The van der Waals surface area contributed by atoms with Crippen molar-refractivity contribution in [2.75, 3.05) is 44.2 Å². The number of likely N-dealkylation sites (tertiary alicyclic amines) is 1. The maximum Gasteiger partial charge on any atom is 0.274 e. The van der Waals surface area contributed by atoms with E-state index in [0.717, 1.165) is 39.0 Å². The molecule has 2 saturated heterocycles. The van der Waals surface area contributed by atoms with Crippen molar-refractivity contribution in [2.24, 2.45) is 5.92 Å². The highest BCUT2D eigenvalue weighted by Crippen LogP contribution is 2.24. The summed E-state index contributed by atoms with van der Waals surface area (Å²) in [4.78, 5) is 39.9. The number of carbonyl (C=O) groups excluding carboxylic acids is 2. The molecule has 2 amide bonds. The molecule has 0 saturated carbocycles. The van der Waals surface area contributed by atoms with Crippen LogP contribution in [0.15, 0.2) is 42.9 Å². The second kappa shape index (κ2) is 8.59. The Hall–Kier alpha value is -2.96. The van der Waals surface area contributed by atoms with Crippen molar-refractivity contribution < 1.29 is 9.59 Å². The van der Waals surface area contributed by atoms with Gasteiger partial charge in [0.05, 0.1) is 12.1 Å². The van der Waals surface area contributed by atoms with Crippen LogP contribution in [0, 0.1) is 12.8 Å². The Morgan fingerprint density at radius 1 is 1.00 bits per heavy atom. The first-order valence-electron chi connectivity index (χ1n) is 10.3. The van der Waals surface area contributed by atoms with Gasteiger partial charge in [0.2, 0.25) is 5.91 Å². The van der Waals surface area contributed by atoms with E-state index in [4.69, 9.17) is 0 Å². The van der Waals surface area contributed by atoms with Crippen LogP contribution in [-0.2, 0) is 4.79 Å². The summed E-state index contributed by atoms with van der Waals surface area (Å²) in [6.45, 7) is 6.38. The van der Waals surface area contributed by atoms with E-state index in [2.05, 4.69) is 46.1 Å². The highest BCUT2D eigenvalue weighted by atomic mass is 16.2. The molecule has 0 aliphatic carbocycles. The summed E-state index contributed by atoms with van der Waals surface area (Å²) in [5, 5.41) is 0. The van der Waals surface area contributed by atoms with E-state index >= 15 is 0 Å².